The normalized spacial score (nSPS) is 19.2. The molecule has 1 rings (SSSR count). The lowest BCUT2D eigenvalue weighted by atomic mass is 9.91. The summed E-state index contributed by atoms with van der Waals surface area (Å²) < 4.78 is 0. The molecule has 0 aromatic rings. The van der Waals surface area contributed by atoms with Crippen molar-refractivity contribution in [2.24, 2.45) is 5.92 Å². The zero-order chi connectivity index (χ0) is 9.84. The first kappa shape index (κ1) is 10.2. The highest BCUT2D eigenvalue weighted by Gasteiger charge is 2.14. The van der Waals surface area contributed by atoms with Crippen molar-refractivity contribution in [3.63, 3.8) is 0 Å². The van der Waals surface area contributed by atoms with Gasteiger partial charge in [0, 0.05) is 6.42 Å². The highest BCUT2D eigenvalue weighted by atomic mass is 16.1. The first-order valence-corrected chi connectivity index (χ1v) is 5.02. The van der Waals surface area contributed by atoms with Crippen LogP contribution >= 0.6 is 0 Å². The maximum absolute atomic E-state index is 11.4. The van der Waals surface area contributed by atoms with Gasteiger partial charge in [-0.1, -0.05) is 26.0 Å². The van der Waals surface area contributed by atoms with Gasteiger partial charge < -0.3 is 0 Å². The quantitative estimate of drug-likeness (QED) is 0.634. The summed E-state index contributed by atoms with van der Waals surface area (Å²) >= 11 is 0. The number of hydrogen-bond acceptors (Lipinski definition) is 1. The number of carbonyl (C=O) groups is 1. The molecule has 0 aromatic carbocycles. The second kappa shape index (κ2) is 4.40. The predicted octanol–water partition coefficient (Wildman–Crippen LogP) is 3.27. The topological polar surface area (TPSA) is 17.1 Å². The molecule has 0 heterocycles. The molecule has 0 atom stereocenters. The highest BCUT2D eigenvalue weighted by molar-refractivity contribution is 5.96. The van der Waals surface area contributed by atoms with E-state index in [0.29, 0.717) is 11.7 Å². The van der Waals surface area contributed by atoms with Gasteiger partial charge in [-0.15, -0.1) is 0 Å². The third-order valence-corrected chi connectivity index (χ3v) is 2.43. The Labute approximate surface area is 80.5 Å². The molecular formula is C12H18O. The van der Waals surface area contributed by atoms with E-state index in [9.17, 15) is 4.79 Å². The van der Waals surface area contributed by atoms with Crippen molar-refractivity contribution in [2.45, 2.75) is 40.0 Å². The van der Waals surface area contributed by atoms with Crippen LogP contribution in [0.4, 0.5) is 0 Å². The van der Waals surface area contributed by atoms with E-state index in [4.69, 9.17) is 0 Å². The van der Waals surface area contributed by atoms with Gasteiger partial charge in [0.2, 0.25) is 0 Å². The number of Topliss-reactive ketones (excluding diaryl/α,β-unsaturated/α-hetero) is 1. The van der Waals surface area contributed by atoms with Crippen molar-refractivity contribution < 1.29 is 4.79 Å². The smallest absolute Gasteiger partial charge is 0.158 e. The monoisotopic (exact) mass is 178 g/mol. The minimum atomic E-state index is 0.328. The molecule has 0 aliphatic heterocycles. The molecule has 0 amide bonds. The van der Waals surface area contributed by atoms with Gasteiger partial charge in [-0.05, 0) is 36.8 Å². The standard InChI is InChI=1S/C12H18O/c1-9(2)7-8-11-5-4-6-12(13)10(11)3/h7-9H,4-6H2,1-3H3/b8-7+. The van der Waals surface area contributed by atoms with Gasteiger partial charge in [0.25, 0.3) is 0 Å². The van der Waals surface area contributed by atoms with Crippen molar-refractivity contribution in [1.82, 2.24) is 0 Å². The van der Waals surface area contributed by atoms with Crippen LogP contribution in [0.25, 0.3) is 0 Å². The fourth-order valence-corrected chi connectivity index (χ4v) is 1.51. The molecule has 0 spiro atoms. The molecule has 0 radical (unpaired) electrons. The van der Waals surface area contributed by atoms with E-state index < -0.39 is 0 Å². The summed E-state index contributed by atoms with van der Waals surface area (Å²) in [6.45, 7) is 6.25. The van der Waals surface area contributed by atoms with E-state index in [2.05, 4.69) is 26.0 Å². The van der Waals surface area contributed by atoms with Crippen LogP contribution in [0.15, 0.2) is 23.3 Å². The maximum atomic E-state index is 11.4. The molecule has 1 aliphatic rings. The number of ketones is 1. The van der Waals surface area contributed by atoms with Crippen molar-refractivity contribution in [1.29, 1.82) is 0 Å². The first-order chi connectivity index (χ1) is 6.11. The van der Waals surface area contributed by atoms with Crippen LogP contribution in [0.5, 0.6) is 0 Å². The molecular weight excluding hydrogens is 160 g/mol. The summed E-state index contributed by atoms with van der Waals surface area (Å²) in [6.07, 6.45) is 7.12. The van der Waals surface area contributed by atoms with E-state index >= 15 is 0 Å². The van der Waals surface area contributed by atoms with E-state index in [1.165, 1.54) is 5.57 Å². The van der Waals surface area contributed by atoms with Crippen LogP contribution in [0.1, 0.15) is 40.0 Å². The van der Waals surface area contributed by atoms with Crippen LogP contribution in [-0.2, 0) is 4.79 Å². The first-order valence-electron chi connectivity index (χ1n) is 5.02. The molecule has 1 nitrogen and oxygen atoms in total. The summed E-state index contributed by atoms with van der Waals surface area (Å²) in [5.41, 5.74) is 2.22. The molecule has 0 saturated heterocycles. The Balaban J connectivity index is 2.77. The molecule has 0 aromatic heterocycles. The molecule has 72 valence electrons. The fourth-order valence-electron chi connectivity index (χ4n) is 1.51. The summed E-state index contributed by atoms with van der Waals surface area (Å²) in [5, 5.41) is 0. The van der Waals surface area contributed by atoms with Gasteiger partial charge >= 0.3 is 0 Å². The van der Waals surface area contributed by atoms with Crippen molar-refractivity contribution in [2.75, 3.05) is 0 Å². The molecule has 0 fully saturated rings. The number of hydrogen-bond donors (Lipinski definition) is 0. The van der Waals surface area contributed by atoms with E-state index in [0.717, 1.165) is 24.8 Å². The van der Waals surface area contributed by atoms with E-state index in [1.807, 2.05) is 6.92 Å². The Morgan fingerprint density at radius 1 is 1.31 bits per heavy atom. The predicted molar refractivity (Wildman–Crippen MR) is 55.5 cm³/mol. The van der Waals surface area contributed by atoms with Crippen LogP contribution in [-0.4, -0.2) is 5.78 Å². The third kappa shape index (κ3) is 2.83. The van der Waals surface area contributed by atoms with Crippen molar-refractivity contribution in [3.05, 3.63) is 23.3 Å². The summed E-state index contributed by atoms with van der Waals surface area (Å²) in [5.74, 6) is 0.895. The van der Waals surface area contributed by atoms with Crippen molar-refractivity contribution >= 4 is 5.78 Å². The lowest BCUT2D eigenvalue weighted by molar-refractivity contribution is -0.116. The van der Waals surface area contributed by atoms with Crippen LogP contribution in [0, 0.1) is 5.92 Å². The number of rotatable bonds is 2. The summed E-state index contributed by atoms with van der Waals surface area (Å²) in [4.78, 5) is 11.4. The van der Waals surface area contributed by atoms with Crippen molar-refractivity contribution in [3.8, 4) is 0 Å². The zero-order valence-corrected chi connectivity index (χ0v) is 8.76. The lowest BCUT2D eigenvalue weighted by Crippen LogP contribution is -2.08. The molecule has 0 unspecified atom stereocenters. The Hall–Kier alpha value is -0.850. The minimum absolute atomic E-state index is 0.328. The average molecular weight is 178 g/mol. The largest absolute Gasteiger partial charge is 0.295 e. The minimum Gasteiger partial charge on any atom is -0.295 e. The molecule has 0 saturated carbocycles. The molecule has 0 bridgehead atoms. The maximum Gasteiger partial charge on any atom is 0.158 e. The molecule has 13 heavy (non-hydrogen) atoms. The summed E-state index contributed by atoms with van der Waals surface area (Å²) in [6, 6.07) is 0. The Morgan fingerprint density at radius 3 is 2.62 bits per heavy atom. The Bertz CT molecular complexity index is 256. The van der Waals surface area contributed by atoms with Gasteiger partial charge in [-0.2, -0.15) is 0 Å². The van der Waals surface area contributed by atoms with Crippen LogP contribution in [0.2, 0.25) is 0 Å². The summed E-state index contributed by atoms with van der Waals surface area (Å²) in [7, 11) is 0. The van der Waals surface area contributed by atoms with Gasteiger partial charge in [-0.25, -0.2) is 0 Å². The molecule has 0 N–H and O–H groups in total. The highest BCUT2D eigenvalue weighted by Crippen LogP contribution is 2.22. The second-order valence-corrected chi connectivity index (χ2v) is 4.03. The Morgan fingerprint density at radius 2 is 2.00 bits per heavy atom. The van der Waals surface area contributed by atoms with Gasteiger partial charge in [0.1, 0.15) is 0 Å². The van der Waals surface area contributed by atoms with Crippen LogP contribution < -0.4 is 0 Å². The molecule has 1 aliphatic carbocycles. The van der Waals surface area contributed by atoms with Gasteiger partial charge in [-0.3, -0.25) is 4.79 Å². The average Bonchev–Trinajstić information content (AvgIpc) is 2.07. The lowest BCUT2D eigenvalue weighted by Gasteiger charge is -2.13. The third-order valence-electron chi connectivity index (χ3n) is 2.43. The van der Waals surface area contributed by atoms with Gasteiger partial charge in [0.15, 0.2) is 5.78 Å². The molecule has 1 heteroatoms. The number of allylic oxidation sites excluding steroid dienone is 4. The number of carbonyl (C=O) groups excluding carboxylic acids is 1. The second-order valence-electron chi connectivity index (χ2n) is 4.03. The van der Waals surface area contributed by atoms with Crippen LogP contribution in [0.3, 0.4) is 0 Å². The fraction of sp³-hybridized carbons (Fsp3) is 0.583. The van der Waals surface area contributed by atoms with E-state index in [1.54, 1.807) is 0 Å². The zero-order valence-electron chi connectivity index (χ0n) is 8.76. The van der Waals surface area contributed by atoms with Gasteiger partial charge in [0.05, 0.1) is 0 Å². The van der Waals surface area contributed by atoms with E-state index in [-0.39, 0.29) is 0 Å². The Kier molecular flexibility index (Phi) is 3.47. The SMILES string of the molecule is CC1=C(/C=C/C(C)C)CCCC1=O.